The fraction of sp³-hybridized carbons (Fsp3) is 0.235. The highest BCUT2D eigenvalue weighted by molar-refractivity contribution is 5.94. The van der Waals surface area contributed by atoms with Crippen molar-refractivity contribution in [1.29, 1.82) is 0 Å². The predicted octanol–water partition coefficient (Wildman–Crippen LogP) is 3.25. The number of carbonyl (C=O) groups is 1. The monoisotopic (exact) mass is 286 g/mol. The van der Waals surface area contributed by atoms with E-state index in [9.17, 15) is 9.18 Å². The van der Waals surface area contributed by atoms with Crippen LogP contribution in [0.25, 0.3) is 0 Å². The number of nitrogens with one attached hydrogen (secondary N) is 2. The molecule has 2 aromatic rings. The van der Waals surface area contributed by atoms with Crippen molar-refractivity contribution in [3.05, 3.63) is 65.5 Å². The summed E-state index contributed by atoms with van der Waals surface area (Å²) in [5.74, 6) is -0.411. The molecule has 1 atom stereocenters. The van der Waals surface area contributed by atoms with Crippen molar-refractivity contribution >= 4 is 11.6 Å². The van der Waals surface area contributed by atoms with Crippen LogP contribution < -0.4 is 10.6 Å². The summed E-state index contributed by atoms with van der Waals surface area (Å²) in [4.78, 5) is 12.0. The first-order chi connectivity index (χ1) is 10.1. The van der Waals surface area contributed by atoms with Gasteiger partial charge in [-0.25, -0.2) is 4.39 Å². The van der Waals surface area contributed by atoms with Gasteiger partial charge in [-0.3, -0.25) is 4.79 Å². The van der Waals surface area contributed by atoms with Gasteiger partial charge in [0.25, 0.3) is 0 Å². The maximum atomic E-state index is 13.5. The number of carbonyl (C=O) groups excluding carboxylic acids is 1. The number of benzene rings is 2. The third-order valence-electron chi connectivity index (χ3n) is 3.27. The van der Waals surface area contributed by atoms with Crippen LogP contribution in [0.5, 0.6) is 0 Å². The van der Waals surface area contributed by atoms with Crippen molar-refractivity contribution in [1.82, 2.24) is 5.32 Å². The van der Waals surface area contributed by atoms with Crippen LogP contribution in [0, 0.1) is 12.7 Å². The molecular formula is C17H19FN2O. The van der Waals surface area contributed by atoms with Gasteiger partial charge in [0.2, 0.25) is 5.91 Å². The molecule has 2 N–H and O–H groups in total. The quantitative estimate of drug-likeness (QED) is 0.886. The summed E-state index contributed by atoms with van der Waals surface area (Å²) in [5.41, 5.74) is 2.44. The fourth-order valence-corrected chi connectivity index (χ4v) is 1.88. The van der Waals surface area contributed by atoms with Gasteiger partial charge >= 0.3 is 0 Å². The highest BCUT2D eigenvalue weighted by Crippen LogP contribution is 2.09. The Balaban J connectivity index is 1.88. The van der Waals surface area contributed by atoms with Gasteiger partial charge in [0.1, 0.15) is 5.82 Å². The van der Waals surface area contributed by atoms with Crippen molar-refractivity contribution in [3.8, 4) is 0 Å². The molecule has 110 valence electrons. The maximum Gasteiger partial charge on any atom is 0.241 e. The number of anilines is 1. The second-order valence-electron chi connectivity index (χ2n) is 5.05. The Morgan fingerprint density at radius 2 is 1.81 bits per heavy atom. The van der Waals surface area contributed by atoms with Gasteiger partial charge in [0, 0.05) is 17.8 Å². The molecule has 2 aromatic carbocycles. The van der Waals surface area contributed by atoms with Crippen molar-refractivity contribution in [2.75, 3.05) is 5.32 Å². The molecule has 21 heavy (non-hydrogen) atoms. The molecule has 0 radical (unpaired) electrons. The molecule has 0 heterocycles. The van der Waals surface area contributed by atoms with E-state index in [1.54, 1.807) is 25.1 Å². The van der Waals surface area contributed by atoms with Crippen LogP contribution in [-0.4, -0.2) is 11.9 Å². The number of hydrogen-bond acceptors (Lipinski definition) is 2. The zero-order chi connectivity index (χ0) is 15.2. The minimum atomic E-state index is -0.411. The van der Waals surface area contributed by atoms with E-state index in [-0.39, 0.29) is 11.7 Å². The lowest BCUT2D eigenvalue weighted by molar-refractivity contribution is -0.117. The Hall–Kier alpha value is -2.20. The second kappa shape index (κ2) is 6.99. The largest absolute Gasteiger partial charge is 0.325 e. The van der Waals surface area contributed by atoms with Crippen molar-refractivity contribution in [2.24, 2.45) is 0 Å². The topological polar surface area (TPSA) is 41.1 Å². The van der Waals surface area contributed by atoms with Crippen LogP contribution in [0.3, 0.4) is 0 Å². The molecule has 0 aliphatic heterocycles. The smallest absolute Gasteiger partial charge is 0.241 e. The van der Waals surface area contributed by atoms with Crippen LogP contribution in [0.1, 0.15) is 18.1 Å². The third kappa shape index (κ3) is 4.39. The maximum absolute atomic E-state index is 13.5. The average Bonchev–Trinajstić information content (AvgIpc) is 2.48. The van der Waals surface area contributed by atoms with Gasteiger partial charge in [-0.05, 0) is 32.0 Å². The lowest BCUT2D eigenvalue weighted by Crippen LogP contribution is -2.37. The van der Waals surface area contributed by atoms with Gasteiger partial charge in [0.05, 0.1) is 6.04 Å². The van der Waals surface area contributed by atoms with Crippen molar-refractivity contribution in [2.45, 2.75) is 26.4 Å². The summed E-state index contributed by atoms with van der Waals surface area (Å²) >= 11 is 0. The molecule has 0 aliphatic carbocycles. The van der Waals surface area contributed by atoms with E-state index in [4.69, 9.17) is 0 Å². The SMILES string of the molecule is Cc1ccc(NC(=O)C(C)NCc2ccccc2F)cc1. The Morgan fingerprint density at radius 1 is 1.14 bits per heavy atom. The molecule has 1 amide bonds. The lowest BCUT2D eigenvalue weighted by Gasteiger charge is -2.14. The second-order valence-corrected chi connectivity index (χ2v) is 5.05. The van der Waals surface area contributed by atoms with Gasteiger partial charge in [-0.1, -0.05) is 35.9 Å². The standard InChI is InChI=1S/C17H19FN2O/c1-12-7-9-15(10-8-12)20-17(21)13(2)19-11-14-5-3-4-6-16(14)18/h3-10,13,19H,11H2,1-2H3,(H,20,21). The molecule has 4 heteroatoms. The number of rotatable bonds is 5. The van der Waals surface area contributed by atoms with Crippen molar-refractivity contribution in [3.63, 3.8) is 0 Å². The Labute approximate surface area is 124 Å². The van der Waals surface area contributed by atoms with E-state index in [1.807, 2.05) is 31.2 Å². The molecular weight excluding hydrogens is 267 g/mol. The van der Waals surface area contributed by atoms with Crippen LogP contribution in [0.15, 0.2) is 48.5 Å². The summed E-state index contributed by atoms with van der Waals surface area (Å²) < 4.78 is 13.5. The van der Waals surface area contributed by atoms with Gasteiger partial charge < -0.3 is 10.6 Å². The molecule has 0 saturated heterocycles. The number of amides is 1. The molecule has 3 nitrogen and oxygen atoms in total. The van der Waals surface area contributed by atoms with Gasteiger partial charge in [0.15, 0.2) is 0 Å². The molecule has 0 bridgehead atoms. The molecule has 0 fully saturated rings. The van der Waals surface area contributed by atoms with Crippen molar-refractivity contribution < 1.29 is 9.18 Å². The number of hydrogen-bond donors (Lipinski definition) is 2. The molecule has 0 saturated carbocycles. The average molecular weight is 286 g/mol. The zero-order valence-corrected chi connectivity index (χ0v) is 12.2. The summed E-state index contributed by atoms with van der Waals surface area (Å²) in [7, 11) is 0. The highest BCUT2D eigenvalue weighted by Gasteiger charge is 2.13. The minimum absolute atomic E-state index is 0.143. The van der Waals surface area contributed by atoms with E-state index in [0.717, 1.165) is 11.3 Å². The van der Waals surface area contributed by atoms with Crippen LogP contribution in [-0.2, 0) is 11.3 Å². The molecule has 0 aromatic heterocycles. The summed E-state index contributed by atoms with van der Waals surface area (Å²) in [5, 5.41) is 5.84. The van der Waals surface area contributed by atoms with E-state index in [2.05, 4.69) is 10.6 Å². The van der Waals surface area contributed by atoms with E-state index in [1.165, 1.54) is 6.07 Å². The first kappa shape index (κ1) is 15.2. The summed E-state index contributed by atoms with van der Waals surface area (Å²) in [6, 6.07) is 13.7. The van der Waals surface area contributed by atoms with Gasteiger partial charge in [-0.15, -0.1) is 0 Å². The van der Waals surface area contributed by atoms with E-state index < -0.39 is 6.04 Å². The summed E-state index contributed by atoms with van der Waals surface area (Å²) in [6.07, 6.45) is 0. The molecule has 0 spiro atoms. The van der Waals surface area contributed by atoms with Crippen LogP contribution >= 0.6 is 0 Å². The zero-order valence-electron chi connectivity index (χ0n) is 12.2. The molecule has 0 aliphatic rings. The predicted molar refractivity (Wildman–Crippen MR) is 82.5 cm³/mol. The van der Waals surface area contributed by atoms with Crippen LogP contribution in [0.4, 0.5) is 10.1 Å². The molecule has 2 rings (SSSR count). The third-order valence-corrected chi connectivity index (χ3v) is 3.27. The van der Waals surface area contributed by atoms with E-state index in [0.29, 0.717) is 12.1 Å². The van der Waals surface area contributed by atoms with Crippen LogP contribution in [0.2, 0.25) is 0 Å². The molecule has 1 unspecified atom stereocenters. The van der Waals surface area contributed by atoms with E-state index >= 15 is 0 Å². The fourth-order valence-electron chi connectivity index (χ4n) is 1.88. The summed E-state index contributed by atoms with van der Waals surface area (Å²) in [6.45, 7) is 4.06. The van der Waals surface area contributed by atoms with Gasteiger partial charge in [-0.2, -0.15) is 0 Å². The normalized spacial score (nSPS) is 12.0. The first-order valence-corrected chi connectivity index (χ1v) is 6.90. The number of halogens is 1. The highest BCUT2D eigenvalue weighted by atomic mass is 19.1. The lowest BCUT2D eigenvalue weighted by atomic mass is 10.2. The minimum Gasteiger partial charge on any atom is -0.325 e. The Morgan fingerprint density at radius 3 is 2.48 bits per heavy atom. The number of aryl methyl sites for hydroxylation is 1. The Kier molecular flexibility index (Phi) is 5.06. The first-order valence-electron chi connectivity index (χ1n) is 6.90. The Bertz CT molecular complexity index is 610.